The molecular weight excluding hydrogens is 224 g/mol. The Morgan fingerprint density at radius 3 is 2.94 bits per heavy atom. The van der Waals surface area contributed by atoms with Gasteiger partial charge in [-0.25, -0.2) is 0 Å². The lowest BCUT2D eigenvalue weighted by molar-refractivity contribution is 0.00633. The molecule has 0 aromatic rings. The number of epoxide rings is 2. The van der Waals surface area contributed by atoms with Gasteiger partial charge in [-0.3, -0.25) is 0 Å². The Balaban J connectivity index is 1.72. The normalized spacial score (nSPS) is 55.4. The van der Waals surface area contributed by atoms with E-state index in [2.05, 4.69) is 0 Å². The average Bonchev–Trinajstić information content (AvgIpc) is 3.17. The Bertz CT molecular complexity index is 417. The maximum atomic E-state index is 10.7. The molecule has 4 aliphatic rings. The first kappa shape index (κ1) is 10.1. The largest absolute Gasteiger partial charge is 0.508 e. The third-order valence-corrected chi connectivity index (χ3v) is 3.98. The van der Waals surface area contributed by atoms with E-state index < -0.39 is 5.60 Å². The first-order valence-corrected chi connectivity index (χ1v) is 5.89. The summed E-state index contributed by atoms with van der Waals surface area (Å²) in [6.07, 6.45) is 4.45. The second-order valence-electron chi connectivity index (χ2n) is 5.11. The van der Waals surface area contributed by atoms with Crippen LogP contribution in [0.25, 0.3) is 0 Å². The highest BCUT2D eigenvalue weighted by Gasteiger charge is 2.63. The minimum Gasteiger partial charge on any atom is -0.508 e. The number of aliphatic hydroxyl groups is 2. The molecule has 0 bridgehead atoms. The molecule has 0 radical (unpaired) electrons. The van der Waals surface area contributed by atoms with Crippen molar-refractivity contribution in [1.82, 2.24) is 0 Å². The van der Waals surface area contributed by atoms with E-state index in [1.807, 2.05) is 0 Å². The Labute approximate surface area is 98.3 Å². The topological polar surface area (TPSA) is 74.8 Å². The molecule has 3 saturated heterocycles. The third-order valence-electron chi connectivity index (χ3n) is 3.98. The second-order valence-corrected chi connectivity index (χ2v) is 5.11. The highest BCUT2D eigenvalue weighted by atomic mass is 16.6. The molecule has 4 rings (SSSR count). The Kier molecular flexibility index (Phi) is 1.85. The Morgan fingerprint density at radius 2 is 2.06 bits per heavy atom. The van der Waals surface area contributed by atoms with E-state index >= 15 is 0 Å². The zero-order valence-electron chi connectivity index (χ0n) is 9.15. The maximum absolute atomic E-state index is 10.7. The van der Waals surface area contributed by atoms with E-state index in [9.17, 15) is 10.2 Å². The number of allylic oxidation sites excluding steroid dienone is 1. The standard InChI is InChI=1S/C12H14O5/c13-6-1-2-12(14)7(3-6)10-8(16-10)4-15-5-9-11(12)17-9/h1-3,7-11,13-14H,4-5H2. The summed E-state index contributed by atoms with van der Waals surface area (Å²) in [7, 11) is 0. The van der Waals surface area contributed by atoms with Gasteiger partial charge in [0.1, 0.15) is 29.7 Å². The fourth-order valence-corrected chi connectivity index (χ4v) is 2.93. The molecule has 3 heterocycles. The molecule has 1 aliphatic carbocycles. The van der Waals surface area contributed by atoms with E-state index in [1.165, 1.54) is 6.08 Å². The molecule has 0 saturated carbocycles. The predicted octanol–water partition coefficient (Wildman–Crippen LogP) is -0.0896. The SMILES string of the molecule is OC1=CC2C3OC3COCC3OC3C2(O)C=C1. The van der Waals surface area contributed by atoms with Gasteiger partial charge in [0.05, 0.1) is 19.3 Å². The van der Waals surface area contributed by atoms with Gasteiger partial charge in [-0.05, 0) is 18.2 Å². The van der Waals surface area contributed by atoms with E-state index in [0.29, 0.717) is 13.2 Å². The van der Waals surface area contributed by atoms with Crippen LogP contribution < -0.4 is 0 Å². The molecule has 0 spiro atoms. The summed E-state index contributed by atoms with van der Waals surface area (Å²) in [6.45, 7) is 1.03. The van der Waals surface area contributed by atoms with Crippen LogP contribution in [-0.2, 0) is 14.2 Å². The number of hydrogen-bond acceptors (Lipinski definition) is 5. The maximum Gasteiger partial charge on any atom is 0.121 e. The van der Waals surface area contributed by atoms with E-state index in [0.717, 1.165) is 0 Å². The van der Waals surface area contributed by atoms with Gasteiger partial charge in [-0.15, -0.1) is 0 Å². The van der Waals surface area contributed by atoms with Gasteiger partial charge >= 0.3 is 0 Å². The molecule has 5 heteroatoms. The van der Waals surface area contributed by atoms with Gasteiger partial charge in [0.2, 0.25) is 0 Å². The van der Waals surface area contributed by atoms with Crippen LogP contribution in [0.3, 0.4) is 0 Å². The molecule has 0 amide bonds. The summed E-state index contributed by atoms with van der Waals surface area (Å²) < 4.78 is 16.5. The van der Waals surface area contributed by atoms with Crippen LogP contribution >= 0.6 is 0 Å². The number of rotatable bonds is 0. The van der Waals surface area contributed by atoms with Crippen molar-refractivity contribution in [3.63, 3.8) is 0 Å². The van der Waals surface area contributed by atoms with Crippen molar-refractivity contribution in [3.8, 4) is 0 Å². The van der Waals surface area contributed by atoms with Crippen LogP contribution in [0.4, 0.5) is 0 Å². The minimum atomic E-state index is -1.08. The van der Waals surface area contributed by atoms with Gasteiger partial charge in [0, 0.05) is 5.92 Å². The number of hydrogen-bond donors (Lipinski definition) is 2. The highest BCUT2D eigenvalue weighted by molar-refractivity contribution is 5.32. The molecule has 2 N–H and O–H groups in total. The summed E-state index contributed by atoms with van der Waals surface area (Å²) >= 11 is 0. The zero-order valence-corrected chi connectivity index (χ0v) is 9.15. The predicted molar refractivity (Wildman–Crippen MR) is 56.4 cm³/mol. The molecule has 0 aromatic carbocycles. The Hall–Kier alpha value is -0.880. The number of ether oxygens (including phenoxy) is 3. The Morgan fingerprint density at radius 1 is 1.24 bits per heavy atom. The van der Waals surface area contributed by atoms with Crippen LogP contribution in [0.5, 0.6) is 0 Å². The lowest BCUT2D eigenvalue weighted by atomic mass is 9.77. The summed E-state index contributed by atoms with van der Waals surface area (Å²) in [4.78, 5) is 0. The fourth-order valence-electron chi connectivity index (χ4n) is 2.93. The van der Waals surface area contributed by atoms with Crippen molar-refractivity contribution in [3.05, 3.63) is 24.0 Å². The summed E-state index contributed by atoms with van der Waals surface area (Å²) in [5.41, 5.74) is -1.08. The lowest BCUT2D eigenvalue weighted by Crippen LogP contribution is -2.46. The molecular formula is C12H14O5. The summed E-state index contributed by atoms with van der Waals surface area (Å²) in [5.74, 6) is -0.0829. The molecule has 17 heavy (non-hydrogen) atoms. The molecule has 6 atom stereocenters. The van der Waals surface area contributed by atoms with E-state index in [4.69, 9.17) is 14.2 Å². The molecule has 92 valence electrons. The van der Waals surface area contributed by atoms with Crippen LogP contribution in [0.15, 0.2) is 24.0 Å². The van der Waals surface area contributed by atoms with Gasteiger partial charge in [-0.1, -0.05) is 0 Å². The molecule has 0 aromatic heterocycles. The van der Waals surface area contributed by atoms with Gasteiger partial charge in [0.25, 0.3) is 0 Å². The lowest BCUT2D eigenvalue weighted by Gasteiger charge is -2.32. The minimum absolute atomic E-state index is 0.0274. The van der Waals surface area contributed by atoms with Gasteiger partial charge in [-0.2, -0.15) is 0 Å². The first-order valence-electron chi connectivity index (χ1n) is 5.89. The quantitative estimate of drug-likeness (QED) is 0.577. The monoisotopic (exact) mass is 238 g/mol. The van der Waals surface area contributed by atoms with Crippen LogP contribution in [-0.4, -0.2) is 53.4 Å². The highest BCUT2D eigenvalue weighted by Crippen LogP contribution is 2.48. The molecule has 5 nitrogen and oxygen atoms in total. The van der Waals surface area contributed by atoms with Crippen molar-refractivity contribution in [2.24, 2.45) is 5.92 Å². The summed E-state index contributed by atoms with van der Waals surface area (Å²) in [6, 6.07) is 0. The van der Waals surface area contributed by atoms with Crippen molar-refractivity contribution < 1.29 is 24.4 Å². The summed E-state index contributed by atoms with van der Waals surface area (Å²) in [5, 5.41) is 20.3. The van der Waals surface area contributed by atoms with Gasteiger partial charge < -0.3 is 24.4 Å². The van der Waals surface area contributed by atoms with Crippen molar-refractivity contribution >= 4 is 0 Å². The fraction of sp³-hybridized carbons (Fsp3) is 0.667. The molecule has 3 fully saturated rings. The first-order chi connectivity index (χ1) is 8.18. The second kappa shape index (κ2) is 3.11. The molecule has 3 aliphatic heterocycles. The van der Waals surface area contributed by atoms with Crippen molar-refractivity contribution in [1.29, 1.82) is 0 Å². The van der Waals surface area contributed by atoms with Crippen LogP contribution in [0, 0.1) is 5.92 Å². The number of fused-ring (bicyclic) bond motifs is 5. The number of aliphatic hydroxyl groups excluding tert-OH is 1. The third kappa shape index (κ3) is 1.40. The van der Waals surface area contributed by atoms with E-state index in [1.54, 1.807) is 12.2 Å². The smallest absolute Gasteiger partial charge is 0.121 e. The zero-order chi connectivity index (χ0) is 11.6. The average molecular weight is 238 g/mol. The van der Waals surface area contributed by atoms with Crippen molar-refractivity contribution in [2.45, 2.75) is 30.0 Å². The van der Waals surface area contributed by atoms with Crippen molar-refractivity contribution in [2.75, 3.05) is 13.2 Å². The van der Waals surface area contributed by atoms with Crippen LogP contribution in [0.2, 0.25) is 0 Å². The molecule has 6 unspecified atom stereocenters. The van der Waals surface area contributed by atoms with Gasteiger partial charge in [0.15, 0.2) is 0 Å². The van der Waals surface area contributed by atoms with E-state index in [-0.39, 0.29) is 36.1 Å². The van der Waals surface area contributed by atoms with Crippen LogP contribution in [0.1, 0.15) is 0 Å².